The van der Waals surface area contributed by atoms with Crippen molar-refractivity contribution in [1.82, 2.24) is 0 Å². The average molecular weight is 1480 g/mol. The molecule has 590 valence electrons. The van der Waals surface area contributed by atoms with Gasteiger partial charge in [0.05, 0.1) is 26.4 Å². The Bertz CT molecular complexity index is 2310. The Morgan fingerprint density at radius 2 is 0.510 bits per heavy atom. The van der Waals surface area contributed by atoms with Gasteiger partial charge >= 0.3 is 39.5 Å². The minimum Gasteiger partial charge on any atom is -0.462 e. The summed E-state index contributed by atoms with van der Waals surface area (Å²) in [5.41, 5.74) is 0. The summed E-state index contributed by atoms with van der Waals surface area (Å²) in [6.45, 7) is 4.70. The fraction of sp³-hybridized carbons (Fsp3) is 0.759. The highest BCUT2D eigenvalue weighted by Gasteiger charge is 2.30. The van der Waals surface area contributed by atoms with Crippen LogP contribution in [-0.2, 0) is 65.4 Å². The largest absolute Gasteiger partial charge is 0.472 e. The lowest BCUT2D eigenvalue weighted by atomic mass is 10.1. The number of esters is 4. The quantitative estimate of drug-likeness (QED) is 0.0169. The number of unbranched alkanes of at least 4 members (excludes halogenated alkanes) is 34. The second-order valence-corrected chi connectivity index (χ2v) is 29.9. The average Bonchev–Trinajstić information content (AvgIpc) is 0.923. The summed E-state index contributed by atoms with van der Waals surface area (Å²) < 4.78 is 68.6. The third-order valence-electron chi connectivity index (χ3n) is 17.0. The zero-order valence-electron chi connectivity index (χ0n) is 64.5. The first kappa shape index (κ1) is 98.0. The molecule has 17 nitrogen and oxygen atoms in total. The zero-order valence-corrected chi connectivity index (χ0v) is 66.3. The number of ether oxygens (including phenoxy) is 4. The first-order chi connectivity index (χ1) is 49.7. The van der Waals surface area contributed by atoms with Gasteiger partial charge in [0.25, 0.3) is 0 Å². The zero-order chi connectivity index (χ0) is 74.6. The first-order valence-electron chi connectivity index (χ1n) is 40.5. The maximum atomic E-state index is 13.1. The highest BCUT2D eigenvalue weighted by molar-refractivity contribution is 7.47. The summed E-state index contributed by atoms with van der Waals surface area (Å²) in [5.74, 6) is -2.21. The number of carbonyl (C=O) groups excluding carboxylic acids is 4. The highest BCUT2D eigenvalue weighted by Crippen LogP contribution is 2.45. The molecule has 0 saturated carbocycles. The van der Waals surface area contributed by atoms with Crippen molar-refractivity contribution in [1.29, 1.82) is 0 Å². The van der Waals surface area contributed by atoms with Crippen LogP contribution in [0.4, 0.5) is 0 Å². The molecule has 0 amide bonds. The molecule has 0 aromatic heterocycles. The van der Waals surface area contributed by atoms with Crippen LogP contribution in [-0.4, -0.2) is 96.7 Å². The molecule has 3 N–H and O–H groups in total. The number of hydrogen-bond acceptors (Lipinski definition) is 15. The van der Waals surface area contributed by atoms with Gasteiger partial charge in [-0.05, 0) is 148 Å². The Balaban J connectivity index is 5.38. The molecule has 0 fully saturated rings. The van der Waals surface area contributed by atoms with Crippen molar-refractivity contribution in [3.05, 3.63) is 97.2 Å². The maximum Gasteiger partial charge on any atom is 0.472 e. The molecule has 0 radical (unpaired) electrons. The molecular weight excluding hydrogens is 1330 g/mol. The van der Waals surface area contributed by atoms with Gasteiger partial charge in [0.15, 0.2) is 12.2 Å². The van der Waals surface area contributed by atoms with Crippen molar-refractivity contribution in [2.45, 2.75) is 367 Å². The van der Waals surface area contributed by atoms with E-state index in [1.807, 2.05) is 0 Å². The van der Waals surface area contributed by atoms with Crippen molar-refractivity contribution >= 4 is 39.5 Å². The summed E-state index contributed by atoms with van der Waals surface area (Å²) >= 11 is 0. The molecule has 102 heavy (non-hydrogen) atoms. The van der Waals surface area contributed by atoms with E-state index in [1.165, 1.54) is 77.0 Å². The molecule has 0 heterocycles. The molecule has 0 rings (SSSR count). The third-order valence-corrected chi connectivity index (χ3v) is 18.9. The van der Waals surface area contributed by atoms with Gasteiger partial charge in [0.1, 0.15) is 19.3 Å². The van der Waals surface area contributed by atoms with Crippen molar-refractivity contribution in [3.8, 4) is 0 Å². The maximum absolute atomic E-state index is 13.1. The number of rotatable bonds is 76. The predicted octanol–water partition coefficient (Wildman–Crippen LogP) is 23.6. The van der Waals surface area contributed by atoms with E-state index in [0.29, 0.717) is 25.7 Å². The SMILES string of the molecule is CC/C=C\C/C=C\C/C=C\CCCCCCCCCC(=O)OCC(COP(=O)(O)OCC(O)COP(=O)(O)OCC(COC(=O)CCCCCCC/C=C\C/C=C\CCCCC)OC(=O)CCCCCCC/C=C\C/C=C\CCCCC)OC(=O)CCCCCCC/C=C\CCCCCCCC. The number of phosphoric ester groups is 2. The second kappa shape index (κ2) is 75.2. The van der Waals surface area contributed by atoms with Crippen LogP contribution in [0.25, 0.3) is 0 Å². The Morgan fingerprint density at radius 3 is 0.814 bits per heavy atom. The first-order valence-corrected chi connectivity index (χ1v) is 43.5. The standard InChI is InChI=1S/C83H146O17P2/c1-5-9-13-17-21-25-29-33-37-38-42-44-48-52-56-60-64-68-81(86)94-74-79(100-83(88)70-66-62-58-54-50-46-41-36-32-28-24-20-16-12-8-4)76-98-102(91,92)96-72-77(84)71-95-101(89,90)97-75-78(99-82(87)69-65-61-57-53-49-45-40-35-31-27-23-19-15-11-7-3)73-93-80(85)67-63-59-55-51-47-43-39-34-30-26-22-18-14-10-6-2/h9,13,21-23,25-27,33-37,39-41,77-79,84H,5-8,10-12,14-20,24,28-32,38,42-76H2,1-4H3,(H,89,90)(H,91,92)/b13-9-,25-21-,26-22-,27-23-,37-33-,39-34-,40-35-,41-36-. The molecule has 0 aromatic rings. The smallest absolute Gasteiger partial charge is 0.462 e. The second-order valence-electron chi connectivity index (χ2n) is 27.0. The predicted molar refractivity (Wildman–Crippen MR) is 418 cm³/mol. The summed E-state index contributed by atoms with van der Waals surface area (Å²) in [6, 6.07) is 0. The Morgan fingerprint density at radius 1 is 0.284 bits per heavy atom. The van der Waals surface area contributed by atoms with Crippen LogP contribution in [0.15, 0.2) is 97.2 Å². The van der Waals surface area contributed by atoms with E-state index in [2.05, 4.69) is 125 Å². The van der Waals surface area contributed by atoms with Crippen molar-refractivity contribution in [2.75, 3.05) is 39.6 Å². The number of phosphoric acid groups is 2. The Hall–Kier alpha value is -4.02. The molecule has 0 aromatic carbocycles. The minimum atomic E-state index is -4.98. The van der Waals surface area contributed by atoms with E-state index in [-0.39, 0.29) is 25.7 Å². The molecule has 0 bridgehead atoms. The van der Waals surface area contributed by atoms with Crippen LogP contribution in [0, 0.1) is 0 Å². The van der Waals surface area contributed by atoms with Gasteiger partial charge in [-0.3, -0.25) is 37.3 Å². The summed E-state index contributed by atoms with van der Waals surface area (Å²) in [6.07, 6.45) is 79.4. The fourth-order valence-corrected chi connectivity index (χ4v) is 12.4. The topological polar surface area (TPSA) is 237 Å². The van der Waals surface area contributed by atoms with Gasteiger partial charge < -0.3 is 33.8 Å². The number of aliphatic hydroxyl groups is 1. The summed E-state index contributed by atoms with van der Waals surface area (Å²) in [4.78, 5) is 73.0. The normalized spacial score (nSPS) is 14.4. The van der Waals surface area contributed by atoms with Gasteiger partial charge in [-0.1, -0.05) is 273 Å². The van der Waals surface area contributed by atoms with E-state index < -0.39 is 97.5 Å². The fourth-order valence-electron chi connectivity index (χ4n) is 10.8. The number of carbonyl (C=O) groups is 4. The van der Waals surface area contributed by atoms with Crippen molar-refractivity contribution < 1.29 is 80.2 Å². The monoisotopic (exact) mass is 1480 g/mol. The van der Waals surface area contributed by atoms with Gasteiger partial charge in [0.2, 0.25) is 0 Å². The molecule has 5 atom stereocenters. The molecule has 0 spiro atoms. The van der Waals surface area contributed by atoms with Crippen LogP contribution >= 0.6 is 15.6 Å². The van der Waals surface area contributed by atoms with Crippen molar-refractivity contribution in [3.63, 3.8) is 0 Å². The third kappa shape index (κ3) is 74.3. The van der Waals surface area contributed by atoms with Crippen LogP contribution < -0.4 is 0 Å². The Labute approximate surface area is 620 Å². The Kier molecular flexibility index (Phi) is 72.3. The molecule has 0 aliphatic carbocycles. The van der Waals surface area contributed by atoms with E-state index in [1.54, 1.807) is 0 Å². The van der Waals surface area contributed by atoms with E-state index in [0.717, 1.165) is 193 Å². The highest BCUT2D eigenvalue weighted by atomic mass is 31.2. The number of hydrogen-bond donors (Lipinski definition) is 3. The molecule has 0 aliphatic heterocycles. The molecular formula is C83H146O17P2. The lowest BCUT2D eigenvalue weighted by Gasteiger charge is -2.21. The minimum absolute atomic E-state index is 0.0763. The number of allylic oxidation sites excluding steroid dienone is 16. The molecule has 0 saturated heterocycles. The van der Waals surface area contributed by atoms with Gasteiger partial charge in [-0.2, -0.15) is 0 Å². The van der Waals surface area contributed by atoms with Gasteiger partial charge in [0, 0.05) is 25.7 Å². The molecule has 19 heteroatoms. The lowest BCUT2D eigenvalue weighted by Crippen LogP contribution is -2.30. The van der Waals surface area contributed by atoms with E-state index in [4.69, 9.17) is 37.0 Å². The molecule has 5 unspecified atom stereocenters. The lowest BCUT2D eigenvalue weighted by molar-refractivity contribution is -0.161. The summed E-state index contributed by atoms with van der Waals surface area (Å²) in [7, 11) is -9.96. The molecule has 0 aliphatic rings. The van der Waals surface area contributed by atoms with Crippen LogP contribution in [0.1, 0.15) is 349 Å². The van der Waals surface area contributed by atoms with E-state index >= 15 is 0 Å². The van der Waals surface area contributed by atoms with E-state index in [9.17, 15) is 43.2 Å². The summed E-state index contributed by atoms with van der Waals surface area (Å²) in [5, 5.41) is 10.6. The van der Waals surface area contributed by atoms with Crippen LogP contribution in [0.5, 0.6) is 0 Å². The van der Waals surface area contributed by atoms with Gasteiger partial charge in [-0.25, -0.2) is 9.13 Å². The van der Waals surface area contributed by atoms with Crippen LogP contribution in [0.3, 0.4) is 0 Å². The van der Waals surface area contributed by atoms with Gasteiger partial charge in [-0.15, -0.1) is 0 Å². The van der Waals surface area contributed by atoms with Crippen LogP contribution in [0.2, 0.25) is 0 Å². The van der Waals surface area contributed by atoms with Crippen molar-refractivity contribution in [2.24, 2.45) is 0 Å². The number of aliphatic hydroxyl groups excluding tert-OH is 1.